The van der Waals surface area contributed by atoms with E-state index in [-0.39, 0.29) is 11.3 Å². The molecule has 0 amide bonds. The molecule has 0 bridgehead atoms. The zero-order valence-electron chi connectivity index (χ0n) is 15.6. The summed E-state index contributed by atoms with van der Waals surface area (Å²) in [6.45, 7) is 0. The molecule has 0 radical (unpaired) electrons. The van der Waals surface area contributed by atoms with Crippen molar-refractivity contribution >= 4 is 23.4 Å². The van der Waals surface area contributed by atoms with E-state index in [0.29, 0.717) is 23.1 Å². The average Bonchev–Trinajstić information content (AvgIpc) is 2.69. The Morgan fingerprint density at radius 1 is 1.00 bits per heavy atom. The molecule has 1 aromatic carbocycles. The molecule has 1 N–H and O–H groups in total. The lowest BCUT2D eigenvalue weighted by atomic mass is 10.0. The normalized spacial score (nSPS) is 10.6. The third kappa shape index (κ3) is 4.51. The fraction of sp³-hybridized carbons (Fsp3) is 0.200. The van der Waals surface area contributed by atoms with Crippen molar-refractivity contribution in [3.05, 3.63) is 59.8 Å². The van der Waals surface area contributed by atoms with Crippen LogP contribution in [0.1, 0.15) is 5.56 Å². The van der Waals surface area contributed by atoms with Gasteiger partial charge in [0.05, 0.1) is 20.4 Å². The molecule has 0 saturated carbocycles. The maximum absolute atomic E-state index is 14.4. The molecule has 3 aromatic rings. The first kappa shape index (κ1) is 19.9. The molecule has 0 atom stereocenters. The number of rotatable bonds is 7. The predicted octanol–water partition coefficient (Wildman–Crippen LogP) is 5.05. The number of anilines is 2. The Morgan fingerprint density at radius 2 is 1.82 bits per heavy atom. The Balaban J connectivity index is 1.98. The number of hydrogen-bond acceptors (Lipinski definition) is 6. The Morgan fingerprint density at radius 3 is 2.54 bits per heavy atom. The first-order valence-electron chi connectivity index (χ1n) is 8.34. The summed E-state index contributed by atoms with van der Waals surface area (Å²) in [6, 6.07) is 9.19. The quantitative estimate of drug-likeness (QED) is 0.596. The summed E-state index contributed by atoms with van der Waals surface area (Å²) < 4.78 is 38.3. The van der Waals surface area contributed by atoms with E-state index in [1.807, 2.05) is 18.4 Å². The van der Waals surface area contributed by atoms with Gasteiger partial charge in [0.1, 0.15) is 29.0 Å². The van der Waals surface area contributed by atoms with Crippen molar-refractivity contribution in [1.82, 2.24) is 9.97 Å². The summed E-state index contributed by atoms with van der Waals surface area (Å²) in [7, 11) is 2.95. The van der Waals surface area contributed by atoms with Gasteiger partial charge >= 0.3 is 0 Å². The van der Waals surface area contributed by atoms with Crippen molar-refractivity contribution in [3.8, 4) is 22.8 Å². The molecule has 146 valence electrons. The molecule has 0 spiro atoms. The highest BCUT2D eigenvalue weighted by atomic mass is 32.2. The van der Waals surface area contributed by atoms with Crippen LogP contribution in [0.3, 0.4) is 0 Å². The number of aromatic nitrogens is 2. The molecule has 3 rings (SSSR count). The van der Waals surface area contributed by atoms with Crippen molar-refractivity contribution in [3.63, 3.8) is 0 Å². The maximum atomic E-state index is 14.4. The fourth-order valence-electron chi connectivity index (χ4n) is 2.71. The molecular formula is C20H19F2N3O2S. The highest BCUT2D eigenvalue weighted by Crippen LogP contribution is 2.34. The Hall–Kier alpha value is -2.87. The summed E-state index contributed by atoms with van der Waals surface area (Å²) >= 11 is 1.67. The van der Waals surface area contributed by atoms with Gasteiger partial charge in [0.25, 0.3) is 0 Å². The second-order valence-corrected chi connectivity index (χ2v) is 6.72. The minimum absolute atomic E-state index is 0.234. The van der Waals surface area contributed by atoms with Gasteiger partial charge in [-0.05, 0) is 36.1 Å². The second-order valence-electron chi connectivity index (χ2n) is 5.86. The third-order valence-electron chi connectivity index (χ3n) is 3.95. The van der Waals surface area contributed by atoms with Crippen LogP contribution in [0, 0.1) is 11.6 Å². The van der Waals surface area contributed by atoms with Crippen molar-refractivity contribution < 1.29 is 18.3 Å². The molecule has 5 nitrogen and oxygen atoms in total. The van der Waals surface area contributed by atoms with E-state index in [4.69, 9.17) is 9.47 Å². The highest BCUT2D eigenvalue weighted by molar-refractivity contribution is 7.97. The van der Waals surface area contributed by atoms with Gasteiger partial charge in [0.2, 0.25) is 5.88 Å². The number of nitrogens with one attached hydrogen (secondary N) is 1. The molecule has 0 saturated heterocycles. The second kappa shape index (κ2) is 8.88. The van der Waals surface area contributed by atoms with Crippen LogP contribution >= 0.6 is 11.8 Å². The Labute approximate surface area is 166 Å². The zero-order chi connectivity index (χ0) is 20.1. The highest BCUT2D eigenvalue weighted by Gasteiger charge is 2.14. The lowest BCUT2D eigenvalue weighted by molar-refractivity contribution is 0.398. The van der Waals surface area contributed by atoms with Crippen LogP contribution in [0.15, 0.2) is 42.6 Å². The van der Waals surface area contributed by atoms with E-state index in [0.717, 1.165) is 17.5 Å². The van der Waals surface area contributed by atoms with Crippen molar-refractivity contribution in [2.45, 2.75) is 5.75 Å². The van der Waals surface area contributed by atoms with E-state index >= 15 is 0 Å². The number of thioether (sulfide) groups is 1. The maximum Gasteiger partial charge on any atom is 0.215 e. The zero-order valence-corrected chi connectivity index (χ0v) is 16.4. The van der Waals surface area contributed by atoms with Gasteiger partial charge in [-0.3, -0.25) is 0 Å². The minimum Gasteiger partial charge on any atom is -0.496 e. The number of ether oxygens (including phenoxy) is 2. The van der Waals surface area contributed by atoms with Gasteiger partial charge in [0, 0.05) is 29.0 Å². The number of pyridine rings is 2. The molecule has 2 aromatic heterocycles. The van der Waals surface area contributed by atoms with Crippen LogP contribution in [0.4, 0.5) is 20.4 Å². The van der Waals surface area contributed by atoms with Crippen LogP contribution in [0.2, 0.25) is 0 Å². The predicted molar refractivity (Wildman–Crippen MR) is 107 cm³/mol. The number of hydrogen-bond donors (Lipinski definition) is 1. The van der Waals surface area contributed by atoms with Crippen molar-refractivity contribution in [1.29, 1.82) is 0 Å². The number of halogens is 2. The average molecular weight is 403 g/mol. The van der Waals surface area contributed by atoms with Crippen LogP contribution in [0.5, 0.6) is 11.6 Å². The molecule has 28 heavy (non-hydrogen) atoms. The van der Waals surface area contributed by atoms with Crippen LogP contribution in [-0.2, 0) is 5.75 Å². The summed E-state index contributed by atoms with van der Waals surface area (Å²) in [5, 5.41) is 3.07. The van der Waals surface area contributed by atoms with Crippen LogP contribution < -0.4 is 14.8 Å². The largest absolute Gasteiger partial charge is 0.496 e. The number of benzene rings is 1. The smallest absolute Gasteiger partial charge is 0.215 e. The fourth-order valence-corrected chi connectivity index (χ4v) is 3.21. The molecule has 0 fully saturated rings. The lowest BCUT2D eigenvalue weighted by Gasteiger charge is -2.12. The molecule has 8 heteroatoms. The van der Waals surface area contributed by atoms with Crippen molar-refractivity contribution in [2.24, 2.45) is 0 Å². The van der Waals surface area contributed by atoms with E-state index < -0.39 is 11.6 Å². The summed E-state index contributed by atoms with van der Waals surface area (Å²) in [5.74, 6) is 1.41. The number of methoxy groups -OCH3 is 2. The van der Waals surface area contributed by atoms with Gasteiger partial charge in [-0.2, -0.15) is 16.7 Å². The summed E-state index contributed by atoms with van der Waals surface area (Å²) in [6.07, 6.45) is 3.10. The standard InChI is InChI=1S/C20H19F2N3O2S/c1-26-17-8-13(21)4-5-14(17)15-9-18(23-10-16(15)22)24-19-6-12(11-28-3)7-20(25-19)27-2/h4-10H,11H2,1-3H3,(H,23,24,25). The lowest BCUT2D eigenvalue weighted by Crippen LogP contribution is -2.01. The van der Waals surface area contributed by atoms with E-state index in [1.54, 1.807) is 18.9 Å². The summed E-state index contributed by atoms with van der Waals surface area (Å²) in [5.41, 5.74) is 1.69. The Kier molecular flexibility index (Phi) is 6.30. The van der Waals surface area contributed by atoms with Gasteiger partial charge in [-0.25, -0.2) is 13.8 Å². The minimum atomic E-state index is -0.544. The molecule has 0 aliphatic heterocycles. The summed E-state index contributed by atoms with van der Waals surface area (Å²) in [4.78, 5) is 8.43. The van der Waals surface area contributed by atoms with Gasteiger partial charge < -0.3 is 14.8 Å². The first-order valence-corrected chi connectivity index (χ1v) is 9.73. The molecule has 2 heterocycles. The van der Waals surface area contributed by atoms with E-state index in [1.165, 1.54) is 31.4 Å². The van der Waals surface area contributed by atoms with Gasteiger partial charge in [0.15, 0.2) is 0 Å². The topological polar surface area (TPSA) is 56.3 Å². The van der Waals surface area contributed by atoms with Gasteiger partial charge in [-0.15, -0.1) is 0 Å². The number of nitrogens with zero attached hydrogens (tertiary/aromatic N) is 2. The molecule has 0 aliphatic rings. The molecule has 0 unspecified atom stereocenters. The van der Waals surface area contributed by atoms with Gasteiger partial charge in [-0.1, -0.05) is 0 Å². The molecule has 0 aliphatic carbocycles. The van der Waals surface area contributed by atoms with Crippen molar-refractivity contribution in [2.75, 3.05) is 25.8 Å². The molecular weight excluding hydrogens is 384 g/mol. The van der Waals surface area contributed by atoms with E-state index in [9.17, 15) is 8.78 Å². The van der Waals surface area contributed by atoms with Crippen LogP contribution in [0.25, 0.3) is 11.1 Å². The van der Waals surface area contributed by atoms with E-state index in [2.05, 4.69) is 15.3 Å². The SMILES string of the molecule is COc1cc(CSC)cc(Nc2cc(-c3ccc(F)cc3OC)c(F)cn2)n1. The van der Waals surface area contributed by atoms with Crippen LogP contribution in [-0.4, -0.2) is 30.4 Å². The first-order chi connectivity index (χ1) is 13.5. The third-order valence-corrected chi connectivity index (χ3v) is 4.57. The Bertz CT molecular complexity index is 986. The monoisotopic (exact) mass is 403 g/mol.